The lowest BCUT2D eigenvalue weighted by molar-refractivity contribution is 0.0796. The molecule has 0 unspecified atom stereocenters. The first-order valence-corrected chi connectivity index (χ1v) is 10.2. The second-order valence-electron chi connectivity index (χ2n) is 7.25. The monoisotopic (exact) mass is 465 g/mol. The molecule has 0 aliphatic rings. The summed E-state index contributed by atoms with van der Waals surface area (Å²) in [7, 11) is 3.16. The number of nitrogens with zero attached hydrogens (tertiary/aromatic N) is 4. The summed E-state index contributed by atoms with van der Waals surface area (Å²) in [6.45, 7) is -0.831. The van der Waals surface area contributed by atoms with Gasteiger partial charge in [0.2, 0.25) is 5.88 Å². The van der Waals surface area contributed by atoms with Crippen LogP contribution in [-0.4, -0.2) is 47.9 Å². The fourth-order valence-corrected chi connectivity index (χ4v) is 3.45. The molecule has 0 spiro atoms. The van der Waals surface area contributed by atoms with Crippen molar-refractivity contribution in [1.29, 1.82) is 0 Å². The molecule has 10 heteroatoms. The van der Waals surface area contributed by atoms with Gasteiger partial charge in [0.1, 0.15) is 16.8 Å². The van der Waals surface area contributed by atoms with E-state index >= 15 is 0 Å². The van der Waals surface area contributed by atoms with Crippen LogP contribution in [0.1, 0.15) is 5.56 Å². The molecule has 0 radical (unpaired) electrons. The number of rotatable bonds is 7. The Balaban J connectivity index is 1.97. The number of aliphatic imine (C=N–C) groups is 1. The Morgan fingerprint density at radius 3 is 2.65 bits per heavy atom. The quantitative estimate of drug-likeness (QED) is 0.329. The summed E-state index contributed by atoms with van der Waals surface area (Å²) in [6.07, 6.45) is 1.71. The first-order chi connectivity index (χ1) is 16.4. The minimum absolute atomic E-state index is 0.103. The van der Waals surface area contributed by atoms with Crippen molar-refractivity contribution in [2.45, 2.75) is 6.43 Å². The number of hydrogen-bond donors (Lipinski definition) is 1. The van der Waals surface area contributed by atoms with Crippen molar-refractivity contribution < 1.29 is 18.3 Å². The summed E-state index contributed by atoms with van der Waals surface area (Å²) in [5.41, 5.74) is 8.73. The molecule has 2 aromatic heterocycles. The van der Waals surface area contributed by atoms with Crippen LogP contribution in [0.3, 0.4) is 0 Å². The lowest BCUT2D eigenvalue weighted by atomic mass is 10.0. The van der Waals surface area contributed by atoms with E-state index in [0.717, 1.165) is 0 Å². The Bertz CT molecular complexity index is 1420. The molecule has 0 saturated heterocycles. The lowest BCUT2D eigenvalue weighted by Crippen LogP contribution is -2.21. The Kier molecular flexibility index (Phi) is 6.48. The van der Waals surface area contributed by atoms with Crippen LogP contribution in [0.4, 0.5) is 14.5 Å². The normalized spacial score (nSPS) is 11.4. The van der Waals surface area contributed by atoms with Gasteiger partial charge in [0.15, 0.2) is 6.61 Å². The zero-order chi connectivity index (χ0) is 24.2. The zero-order valence-corrected chi connectivity index (χ0v) is 18.4. The van der Waals surface area contributed by atoms with Gasteiger partial charge in [-0.25, -0.2) is 18.7 Å². The van der Waals surface area contributed by atoms with Gasteiger partial charge in [-0.1, -0.05) is 12.1 Å². The number of halogens is 2. The summed E-state index contributed by atoms with van der Waals surface area (Å²) < 4.78 is 36.9. The minimum Gasteiger partial charge on any atom is -0.497 e. The number of alkyl halides is 2. The number of aromatic nitrogens is 3. The summed E-state index contributed by atoms with van der Waals surface area (Å²) in [5.74, 6) is 0.507. The van der Waals surface area contributed by atoms with Crippen molar-refractivity contribution in [2.75, 3.05) is 26.5 Å². The molecule has 0 bridgehead atoms. The number of benzene rings is 2. The largest absolute Gasteiger partial charge is 0.497 e. The second kappa shape index (κ2) is 9.65. The van der Waals surface area contributed by atoms with Crippen molar-refractivity contribution >= 4 is 22.9 Å². The zero-order valence-electron chi connectivity index (χ0n) is 18.4. The Morgan fingerprint density at radius 2 is 1.97 bits per heavy atom. The average Bonchev–Trinajstić information content (AvgIpc) is 2.84. The third-order valence-corrected chi connectivity index (χ3v) is 5.05. The van der Waals surface area contributed by atoms with Gasteiger partial charge in [-0.3, -0.25) is 14.4 Å². The molecule has 174 valence electrons. The van der Waals surface area contributed by atoms with Crippen LogP contribution in [0.2, 0.25) is 0 Å². The molecule has 0 aliphatic heterocycles. The fraction of sp³-hybridized carbons (Fsp3) is 0.167. The number of fused-ring (bicyclic) bond motifs is 1. The van der Waals surface area contributed by atoms with Gasteiger partial charge < -0.3 is 15.2 Å². The number of ether oxygens (including phenoxy) is 2. The van der Waals surface area contributed by atoms with Gasteiger partial charge in [-0.15, -0.1) is 0 Å². The maximum absolute atomic E-state index is 13.7. The highest BCUT2D eigenvalue weighted by Crippen LogP contribution is 2.28. The summed E-state index contributed by atoms with van der Waals surface area (Å²) >= 11 is 0. The van der Waals surface area contributed by atoms with E-state index in [1.807, 2.05) is 0 Å². The summed E-state index contributed by atoms with van der Waals surface area (Å²) in [4.78, 5) is 26.3. The van der Waals surface area contributed by atoms with Crippen LogP contribution in [0.15, 0.2) is 64.6 Å². The van der Waals surface area contributed by atoms with Crippen LogP contribution < -0.4 is 20.8 Å². The van der Waals surface area contributed by atoms with E-state index in [4.69, 9.17) is 15.2 Å². The molecule has 8 nitrogen and oxygen atoms in total. The molecular weight excluding hydrogens is 444 g/mol. The number of hydrogen-bond acceptors (Lipinski definition) is 7. The fourth-order valence-electron chi connectivity index (χ4n) is 3.45. The first-order valence-electron chi connectivity index (χ1n) is 10.2. The van der Waals surface area contributed by atoms with E-state index in [0.29, 0.717) is 33.8 Å². The first kappa shape index (κ1) is 22.8. The molecule has 0 saturated carbocycles. The van der Waals surface area contributed by atoms with Gasteiger partial charge in [-0.2, -0.15) is 0 Å². The predicted molar refractivity (Wildman–Crippen MR) is 127 cm³/mol. The number of nitrogen functional groups attached to an aromatic ring is 1. The summed E-state index contributed by atoms with van der Waals surface area (Å²) in [6, 6.07) is 12.0. The number of methoxy groups -OCH3 is 1. The van der Waals surface area contributed by atoms with E-state index in [1.165, 1.54) is 24.1 Å². The third kappa shape index (κ3) is 4.56. The smallest absolute Gasteiger partial charge is 0.272 e. The van der Waals surface area contributed by atoms with Crippen LogP contribution >= 0.6 is 0 Å². The Labute approximate surface area is 193 Å². The number of pyridine rings is 1. The van der Waals surface area contributed by atoms with Crippen molar-refractivity contribution in [3.63, 3.8) is 0 Å². The summed E-state index contributed by atoms with van der Waals surface area (Å²) in [5, 5.41) is 0. The molecule has 2 heterocycles. The van der Waals surface area contributed by atoms with Gasteiger partial charge in [0.05, 0.1) is 18.9 Å². The highest BCUT2D eigenvalue weighted by atomic mass is 19.3. The molecule has 2 aromatic carbocycles. The molecule has 4 aromatic rings. The molecule has 0 fully saturated rings. The highest BCUT2D eigenvalue weighted by molar-refractivity contribution is 5.91. The molecule has 0 amide bonds. The lowest BCUT2D eigenvalue weighted by Gasteiger charge is -2.14. The highest BCUT2D eigenvalue weighted by Gasteiger charge is 2.18. The maximum atomic E-state index is 13.7. The SMILES string of the molecule is CN=Cc1cc(-n2cc3ncc(OCC(F)F)nc3c(-c3ccc(OC)cc3)c2=O)ccc1N. The van der Waals surface area contributed by atoms with Crippen molar-refractivity contribution in [2.24, 2.45) is 4.99 Å². The van der Waals surface area contributed by atoms with E-state index < -0.39 is 13.0 Å². The van der Waals surface area contributed by atoms with Crippen LogP contribution in [0, 0.1) is 0 Å². The standard InChI is InChI=1S/C24H21F2N5O3/c1-28-10-15-9-16(5-8-18(15)27)31-12-19-23(30-21(11-29-19)34-13-20(25)26)22(24(31)32)14-3-6-17(33-2)7-4-14/h3-12,20H,13,27H2,1-2H3. The molecule has 0 atom stereocenters. The van der Waals surface area contributed by atoms with Crippen molar-refractivity contribution in [3.8, 4) is 28.4 Å². The molecule has 34 heavy (non-hydrogen) atoms. The molecular formula is C24H21F2N5O3. The number of anilines is 1. The predicted octanol–water partition coefficient (Wildman–Crippen LogP) is 3.73. The Morgan fingerprint density at radius 1 is 1.21 bits per heavy atom. The topological polar surface area (TPSA) is 105 Å². The van der Waals surface area contributed by atoms with Crippen molar-refractivity contribution in [1.82, 2.24) is 14.5 Å². The van der Waals surface area contributed by atoms with Crippen LogP contribution in [0.5, 0.6) is 11.6 Å². The van der Waals surface area contributed by atoms with Gasteiger partial charge in [0, 0.05) is 36.4 Å². The minimum atomic E-state index is -2.67. The van der Waals surface area contributed by atoms with Crippen molar-refractivity contribution in [3.05, 3.63) is 70.8 Å². The average molecular weight is 465 g/mol. The molecule has 0 aliphatic carbocycles. The van der Waals surface area contributed by atoms with Crippen LogP contribution in [-0.2, 0) is 0 Å². The second-order valence-corrected chi connectivity index (χ2v) is 7.25. The van der Waals surface area contributed by atoms with E-state index in [9.17, 15) is 13.6 Å². The van der Waals surface area contributed by atoms with Gasteiger partial charge in [-0.05, 0) is 35.9 Å². The van der Waals surface area contributed by atoms with Crippen LogP contribution in [0.25, 0.3) is 27.8 Å². The molecule has 4 rings (SSSR count). The third-order valence-electron chi connectivity index (χ3n) is 5.05. The van der Waals surface area contributed by atoms with E-state index in [-0.39, 0.29) is 22.5 Å². The number of nitrogens with two attached hydrogens (primary N) is 1. The van der Waals surface area contributed by atoms with E-state index in [2.05, 4.69) is 15.0 Å². The molecule has 2 N–H and O–H groups in total. The van der Waals surface area contributed by atoms with Gasteiger partial charge in [0.25, 0.3) is 12.0 Å². The Hall–Kier alpha value is -4.34. The maximum Gasteiger partial charge on any atom is 0.272 e. The van der Waals surface area contributed by atoms with E-state index in [1.54, 1.807) is 55.7 Å². The van der Waals surface area contributed by atoms with Gasteiger partial charge >= 0.3 is 0 Å².